The number of halogens is 1. The lowest BCUT2D eigenvalue weighted by molar-refractivity contribution is -0.116. The minimum absolute atomic E-state index is 0.00134. The zero-order valence-corrected chi connectivity index (χ0v) is 14.2. The smallest absolute Gasteiger partial charge is 0.262 e. The molecule has 0 saturated carbocycles. The van der Waals surface area contributed by atoms with Gasteiger partial charge < -0.3 is 4.90 Å². The third-order valence-electron chi connectivity index (χ3n) is 3.63. The molecule has 2 heterocycles. The second-order valence-corrected chi connectivity index (χ2v) is 9.01. The van der Waals surface area contributed by atoms with Gasteiger partial charge in [-0.3, -0.25) is 4.79 Å². The van der Waals surface area contributed by atoms with Crippen LogP contribution in [0, 0.1) is 11.3 Å². The third-order valence-corrected chi connectivity index (χ3v) is 7.16. The van der Waals surface area contributed by atoms with Gasteiger partial charge in [0.25, 0.3) is 5.91 Å². The maximum Gasteiger partial charge on any atom is 0.262 e. The number of benzene rings is 1. The van der Waals surface area contributed by atoms with Crippen LogP contribution in [-0.2, 0) is 14.6 Å². The molecule has 23 heavy (non-hydrogen) atoms. The van der Waals surface area contributed by atoms with Crippen LogP contribution in [-0.4, -0.2) is 42.3 Å². The molecule has 0 aliphatic carbocycles. The van der Waals surface area contributed by atoms with Crippen LogP contribution in [0.3, 0.4) is 0 Å². The van der Waals surface area contributed by atoms with Crippen molar-refractivity contribution in [3.05, 3.63) is 29.3 Å². The molecule has 1 aromatic rings. The largest absolute Gasteiger partial charge is 0.314 e. The number of carbonyl (C=O) groups is 1. The number of hydrogen-bond donors (Lipinski definition) is 0. The summed E-state index contributed by atoms with van der Waals surface area (Å²) in [6.07, 6.45) is -0.311. The number of amides is 1. The number of fused-ring (bicyclic) bond motifs is 1. The summed E-state index contributed by atoms with van der Waals surface area (Å²) in [5, 5.41) is 9.28. The second-order valence-electron chi connectivity index (χ2n) is 5.24. The molecule has 0 spiro atoms. The van der Waals surface area contributed by atoms with E-state index in [1.54, 1.807) is 35.2 Å². The van der Waals surface area contributed by atoms with Gasteiger partial charge in [-0.1, -0.05) is 35.5 Å². The molecule has 0 bridgehead atoms. The van der Waals surface area contributed by atoms with Gasteiger partial charge >= 0.3 is 0 Å². The number of para-hydroxylation sites is 1. The Kier molecular flexibility index (Phi) is 4.36. The van der Waals surface area contributed by atoms with Gasteiger partial charge in [0.15, 0.2) is 15.0 Å². The first-order chi connectivity index (χ1) is 10.9. The normalized spacial score (nSPS) is 27.0. The number of sulfone groups is 1. The molecule has 2 saturated heterocycles. The molecule has 3 rings (SSSR count). The van der Waals surface area contributed by atoms with Crippen molar-refractivity contribution in [1.29, 1.82) is 5.26 Å². The van der Waals surface area contributed by atoms with Gasteiger partial charge in [0.2, 0.25) is 0 Å². The molecule has 2 atom stereocenters. The number of aliphatic imine (C=N–C) groups is 1. The second kappa shape index (κ2) is 6.15. The monoisotopic (exact) mass is 369 g/mol. The van der Waals surface area contributed by atoms with Crippen LogP contribution in [0.5, 0.6) is 0 Å². The molecule has 2 aliphatic heterocycles. The van der Waals surface area contributed by atoms with Crippen molar-refractivity contribution in [2.75, 3.05) is 16.4 Å². The van der Waals surface area contributed by atoms with E-state index >= 15 is 0 Å². The number of hydrogen-bond acceptors (Lipinski definition) is 5. The Labute approximate surface area is 143 Å². The molecule has 9 heteroatoms. The van der Waals surface area contributed by atoms with Gasteiger partial charge in [-0.2, -0.15) is 10.3 Å². The lowest BCUT2D eigenvalue weighted by Gasteiger charge is -2.25. The summed E-state index contributed by atoms with van der Waals surface area (Å²) in [6.45, 7) is 0. The van der Waals surface area contributed by atoms with Crippen molar-refractivity contribution in [3.8, 4) is 6.07 Å². The molecule has 1 amide bonds. The average Bonchev–Trinajstić information content (AvgIpc) is 2.91. The van der Waals surface area contributed by atoms with Crippen LogP contribution in [0.4, 0.5) is 5.69 Å². The highest BCUT2D eigenvalue weighted by atomic mass is 35.5. The van der Waals surface area contributed by atoms with E-state index in [0.29, 0.717) is 15.9 Å². The summed E-state index contributed by atoms with van der Waals surface area (Å²) in [5.41, 5.74) is 0.620. The Morgan fingerprint density at radius 1 is 1.43 bits per heavy atom. The molecule has 2 aliphatic rings. The zero-order valence-electron chi connectivity index (χ0n) is 11.8. The Bertz CT molecular complexity index is 832. The van der Waals surface area contributed by atoms with E-state index in [9.17, 15) is 13.2 Å². The van der Waals surface area contributed by atoms with Gasteiger partial charge in [-0.15, -0.1) is 0 Å². The summed E-state index contributed by atoms with van der Waals surface area (Å²) < 4.78 is 23.8. The number of rotatable bonds is 2. The average molecular weight is 370 g/mol. The Morgan fingerprint density at radius 3 is 2.87 bits per heavy atom. The van der Waals surface area contributed by atoms with Crippen LogP contribution in [0.2, 0.25) is 5.02 Å². The number of thioether (sulfide) groups is 1. The summed E-state index contributed by atoms with van der Waals surface area (Å²) >= 11 is 7.49. The first kappa shape index (κ1) is 16.3. The van der Waals surface area contributed by atoms with Gasteiger partial charge in [0.1, 0.15) is 6.42 Å². The topological polar surface area (TPSA) is 90.6 Å². The molecule has 6 nitrogen and oxygen atoms in total. The predicted octanol–water partition coefficient (Wildman–Crippen LogP) is 1.86. The van der Waals surface area contributed by atoms with Gasteiger partial charge in [0, 0.05) is 5.25 Å². The SMILES string of the molecule is N#CCC(=O)N=C1S[C@H]2CS(=O)(=O)C[C@H]2N1c1ccccc1Cl. The summed E-state index contributed by atoms with van der Waals surface area (Å²) in [5.74, 6) is -0.495. The number of nitrogens with zero attached hydrogens (tertiary/aromatic N) is 3. The molecule has 0 radical (unpaired) electrons. The highest BCUT2D eigenvalue weighted by Gasteiger charge is 2.49. The van der Waals surface area contributed by atoms with E-state index in [-0.39, 0.29) is 29.2 Å². The van der Waals surface area contributed by atoms with Crippen LogP contribution in [0.15, 0.2) is 29.3 Å². The van der Waals surface area contributed by atoms with E-state index in [0.717, 1.165) is 0 Å². The van der Waals surface area contributed by atoms with E-state index in [1.165, 1.54) is 11.8 Å². The zero-order chi connectivity index (χ0) is 16.6. The summed E-state index contributed by atoms with van der Waals surface area (Å²) in [4.78, 5) is 17.4. The van der Waals surface area contributed by atoms with Crippen molar-refractivity contribution in [1.82, 2.24) is 0 Å². The fraction of sp³-hybridized carbons (Fsp3) is 0.357. The van der Waals surface area contributed by atoms with E-state index in [1.807, 2.05) is 0 Å². The molecule has 0 unspecified atom stereocenters. The van der Waals surface area contributed by atoms with Crippen molar-refractivity contribution < 1.29 is 13.2 Å². The van der Waals surface area contributed by atoms with Gasteiger partial charge in [-0.25, -0.2) is 8.42 Å². The van der Waals surface area contributed by atoms with E-state index in [2.05, 4.69) is 4.99 Å². The number of nitriles is 1. The minimum Gasteiger partial charge on any atom is -0.314 e. The fourth-order valence-corrected chi connectivity index (χ4v) is 6.86. The van der Waals surface area contributed by atoms with Crippen LogP contribution >= 0.6 is 23.4 Å². The highest BCUT2D eigenvalue weighted by molar-refractivity contribution is 8.16. The molecule has 2 fully saturated rings. The lowest BCUT2D eigenvalue weighted by Crippen LogP contribution is -2.37. The fourth-order valence-electron chi connectivity index (χ4n) is 2.71. The quantitative estimate of drug-likeness (QED) is 0.790. The van der Waals surface area contributed by atoms with Crippen molar-refractivity contribution in [3.63, 3.8) is 0 Å². The molecular formula is C14H12ClN3O3S2. The lowest BCUT2D eigenvalue weighted by atomic mass is 10.2. The first-order valence-electron chi connectivity index (χ1n) is 6.80. The van der Waals surface area contributed by atoms with E-state index < -0.39 is 15.7 Å². The minimum atomic E-state index is -3.12. The summed E-state index contributed by atoms with van der Waals surface area (Å²) in [7, 11) is -3.12. The van der Waals surface area contributed by atoms with E-state index in [4.69, 9.17) is 16.9 Å². The Balaban J connectivity index is 2.03. The summed E-state index contributed by atoms with van der Waals surface area (Å²) in [6, 6.07) is 8.49. The number of carbonyl (C=O) groups excluding carboxylic acids is 1. The van der Waals surface area contributed by atoms with Crippen LogP contribution < -0.4 is 4.90 Å². The standard InChI is InChI=1S/C14H12ClN3O3S2/c15-9-3-1-2-4-10(9)18-11-7-23(20,21)8-12(11)22-14(18)17-13(19)5-6-16/h1-4,11-12H,5,7-8H2/t11-,12+/m1/s1. The molecule has 120 valence electrons. The Hall–Kier alpha value is -1.56. The number of anilines is 1. The van der Waals surface area contributed by atoms with Crippen molar-refractivity contribution in [2.24, 2.45) is 4.99 Å². The van der Waals surface area contributed by atoms with Crippen LogP contribution in [0.1, 0.15) is 6.42 Å². The van der Waals surface area contributed by atoms with Crippen molar-refractivity contribution in [2.45, 2.75) is 17.7 Å². The maximum atomic E-state index is 11.9. The maximum absolute atomic E-state index is 11.9. The number of amidine groups is 1. The van der Waals surface area contributed by atoms with Gasteiger partial charge in [0.05, 0.1) is 34.3 Å². The molecule has 0 N–H and O–H groups in total. The first-order valence-corrected chi connectivity index (χ1v) is 9.88. The molecule has 1 aromatic carbocycles. The Morgan fingerprint density at radius 2 is 2.17 bits per heavy atom. The molecular weight excluding hydrogens is 358 g/mol. The third kappa shape index (κ3) is 3.22. The highest BCUT2D eigenvalue weighted by Crippen LogP contribution is 2.42. The van der Waals surface area contributed by atoms with Crippen LogP contribution in [0.25, 0.3) is 0 Å². The predicted molar refractivity (Wildman–Crippen MR) is 90.4 cm³/mol. The van der Waals surface area contributed by atoms with Crippen molar-refractivity contribution >= 4 is 50.0 Å². The molecule has 0 aromatic heterocycles. The van der Waals surface area contributed by atoms with Gasteiger partial charge in [-0.05, 0) is 12.1 Å².